The normalized spacial score (nSPS) is 13.4. The fourth-order valence-corrected chi connectivity index (χ4v) is 9.05. The summed E-state index contributed by atoms with van der Waals surface area (Å²) in [5.41, 5.74) is 11.7. The molecule has 1 aromatic heterocycles. The van der Waals surface area contributed by atoms with Crippen molar-refractivity contribution in [1.29, 1.82) is 0 Å². The average Bonchev–Trinajstić information content (AvgIpc) is 3.60. The Balaban J connectivity index is 1.35. The van der Waals surface area contributed by atoms with Gasteiger partial charge in [0.1, 0.15) is 0 Å². The molecular formula is C43H30S. The highest BCUT2D eigenvalue weighted by Crippen LogP contribution is 2.58. The number of hydrogen-bond donors (Lipinski definition) is 0. The zero-order chi connectivity index (χ0) is 29.3. The molecule has 0 atom stereocenters. The van der Waals surface area contributed by atoms with Crippen molar-refractivity contribution in [3.63, 3.8) is 0 Å². The van der Waals surface area contributed by atoms with Gasteiger partial charge in [-0.3, -0.25) is 0 Å². The van der Waals surface area contributed by atoms with Crippen LogP contribution in [0.4, 0.5) is 0 Å². The van der Waals surface area contributed by atoms with Crippen molar-refractivity contribution < 1.29 is 0 Å². The Kier molecular flexibility index (Phi) is 5.67. The first kappa shape index (κ1) is 25.5. The molecule has 0 radical (unpaired) electrons. The van der Waals surface area contributed by atoms with Gasteiger partial charge in [0.15, 0.2) is 0 Å². The maximum atomic E-state index is 2.52. The number of aryl methyl sites for hydroxylation is 1. The Bertz CT molecular complexity index is 2320. The zero-order valence-corrected chi connectivity index (χ0v) is 25.4. The standard InChI is InChI=1S/C43H30S/c1-28-25-38-42(34-19-9-8-18-33(28)34)35-24-23-29(26-30-13-12-22-40-41(30)36-20-10-11-21-39(36)44-40)27-37(35)43(38,31-14-4-2-5-15-31)32-16-6-3-7-17-32/h2-25,27H,26H2,1H3. The van der Waals surface area contributed by atoms with Crippen molar-refractivity contribution in [2.24, 2.45) is 0 Å². The third-order valence-corrected chi connectivity index (χ3v) is 10.8. The summed E-state index contributed by atoms with van der Waals surface area (Å²) in [7, 11) is 0. The second-order valence-electron chi connectivity index (χ2n) is 12.1. The first-order valence-electron chi connectivity index (χ1n) is 15.4. The largest absolute Gasteiger partial charge is 0.135 e. The molecule has 0 spiro atoms. The smallest absolute Gasteiger partial charge is 0.0713 e. The van der Waals surface area contributed by atoms with Gasteiger partial charge >= 0.3 is 0 Å². The van der Waals surface area contributed by atoms with Crippen LogP contribution in [0.15, 0.2) is 152 Å². The van der Waals surface area contributed by atoms with Gasteiger partial charge < -0.3 is 0 Å². The second kappa shape index (κ2) is 9.77. The molecule has 0 nitrogen and oxygen atoms in total. The van der Waals surface area contributed by atoms with E-state index < -0.39 is 5.41 Å². The molecule has 1 aliphatic rings. The first-order valence-corrected chi connectivity index (χ1v) is 16.2. The summed E-state index contributed by atoms with van der Waals surface area (Å²) in [6, 6.07) is 56.7. The van der Waals surface area contributed by atoms with Crippen LogP contribution in [0.1, 0.15) is 38.9 Å². The summed E-state index contributed by atoms with van der Waals surface area (Å²) in [5.74, 6) is 0. The van der Waals surface area contributed by atoms with E-state index in [1.807, 2.05) is 11.3 Å². The van der Waals surface area contributed by atoms with Gasteiger partial charge in [-0.15, -0.1) is 11.3 Å². The molecule has 8 aromatic rings. The van der Waals surface area contributed by atoms with Gasteiger partial charge in [-0.05, 0) is 86.3 Å². The van der Waals surface area contributed by atoms with E-state index in [0.29, 0.717) is 0 Å². The maximum Gasteiger partial charge on any atom is 0.0713 e. The molecule has 44 heavy (non-hydrogen) atoms. The fraction of sp³-hybridized carbons (Fsp3) is 0.0698. The van der Waals surface area contributed by atoms with Gasteiger partial charge in [0.2, 0.25) is 0 Å². The van der Waals surface area contributed by atoms with E-state index in [9.17, 15) is 0 Å². The molecule has 0 bridgehead atoms. The van der Waals surface area contributed by atoms with E-state index in [4.69, 9.17) is 0 Å². The number of fused-ring (bicyclic) bond motifs is 8. The van der Waals surface area contributed by atoms with Crippen LogP contribution in [-0.4, -0.2) is 0 Å². The lowest BCUT2D eigenvalue weighted by molar-refractivity contribution is 0.766. The minimum Gasteiger partial charge on any atom is -0.135 e. The number of benzene rings is 7. The van der Waals surface area contributed by atoms with Crippen LogP contribution in [0, 0.1) is 6.92 Å². The predicted octanol–water partition coefficient (Wildman–Crippen LogP) is 11.5. The molecular weight excluding hydrogens is 549 g/mol. The maximum absolute atomic E-state index is 2.52. The van der Waals surface area contributed by atoms with Crippen LogP contribution in [0.5, 0.6) is 0 Å². The highest BCUT2D eigenvalue weighted by molar-refractivity contribution is 7.25. The topological polar surface area (TPSA) is 0 Å². The van der Waals surface area contributed by atoms with E-state index in [-0.39, 0.29) is 0 Å². The monoisotopic (exact) mass is 578 g/mol. The summed E-state index contributed by atoms with van der Waals surface area (Å²) >= 11 is 1.89. The molecule has 208 valence electrons. The summed E-state index contributed by atoms with van der Waals surface area (Å²) < 4.78 is 2.72. The van der Waals surface area contributed by atoms with Crippen molar-refractivity contribution in [2.45, 2.75) is 18.8 Å². The van der Waals surface area contributed by atoms with E-state index in [1.54, 1.807) is 0 Å². The Morgan fingerprint density at radius 2 is 1.16 bits per heavy atom. The molecule has 0 fully saturated rings. The van der Waals surface area contributed by atoms with E-state index in [0.717, 1.165) is 6.42 Å². The molecule has 0 N–H and O–H groups in total. The number of thiophene rings is 1. The van der Waals surface area contributed by atoms with Gasteiger partial charge in [-0.2, -0.15) is 0 Å². The molecule has 7 aromatic carbocycles. The molecule has 1 aliphatic carbocycles. The molecule has 0 aliphatic heterocycles. The van der Waals surface area contributed by atoms with Crippen LogP contribution < -0.4 is 0 Å². The van der Waals surface area contributed by atoms with Crippen LogP contribution in [0.3, 0.4) is 0 Å². The fourth-order valence-electron chi connectivity index (χ4n) is 7.90. The van der Waals surface area contributed by atoms with Crippen LogP contribution >= 0.6 is 11.3 Å². The Morgan fingerprint density at radius 3 is 1.91 bits per heavy atom. The van der Waals surface area contributed by atoms with Crippen molar-refractivity contribution in [3.05, 3.63) is 191 Å². The lowest BCUT2D eigenvalue weighted by atomic mass is 9.67. The lowest BCUT2D eigenvalue weighted by Crippen LogP contribution is -2.28. The molecule has 0 saturated carbocycles. The SMILES string of the molecule is Cc1cc2c(c3ccccc13)-c1ccc(Cc3cccc4sc5ccccc5c34)cc1C2(c1ccccc1)c1ccccc1. The van der Waals surface area contributed by atoms with Crippen molar-refractivity contribution in [3.8, 4) is 11.1 Å². The molecule has 0 unspecified atom stereocenters. The molecule has 1 heteroatoms. The van der Waals surface area contributed by atoms with Crippen LogP contribution in [0.25, 0.3) is 42.1 Å². The third-order valence-electron chi connectivity index (χ3n) is 9.71. The van der Waals surface area contributed by atoms with E-state index >= 15 is 0 Å². The molecule has 0 saturated heterocycles. The highest BCUT2D eigenvalue weighted by atomic mass is 32.1. The van der Waals surface area contributed by atoms with Crippen molar-refractivity contribution in [2.75, 3.05) is 0 Å². The third kappa shape index (κ3) is 3.57. The van der Waals surface area contributed by atoms with E-state index in [2.05, 4.69) is 159 Å². The van der Waals surface area contributed by atoms with Crippen LogP contribution in [-0.2, 0) is 11.8 Å². The molecule has 1 heterocycles. The highest BCUT2D eigenvalue weighted by Gasteiger charge is 2.47. The van der Waals surface area contributed by atoms with Crippen LogP contribution in [0.2, 0.25) is 0 Å². The molecule has 0 amide bonds. The van der Waals surface area contributed by atoms with Gasteiger partial charge in [0.05, 0.1) is 5.41 Å². The Morgan fingerprint density at radius 1 is 0.523 bits per heavy atom. The predicted molar refractivity (Wildman–Crippen MR) is 188 cm³/mol. The quantitative estimate of drug-likeness (QED) is 0.195. The number of hydrogen-bond acceptors (Lipinski definition) is 1. The first-order chi connectivity index (χ1) is 21.7. The van der Waals surface area contributed by atoms with Gasteiger partial charge in [-0.1, -0.05) is 140 Å². The minimum atomic E-state index is -0.418. The molecule has 9 rings (SSSR count). The Labute approximate surface area is 261 Å². The lowest BCUT2D eigenvalue weighted by Gasteiger charge is -2.34. The van der Waals surface area contributed by atoms with Crippen molar-refractivity contribution in [1.82, 2.24) is 0 Å². The summed E-state index contributed by atoms with van der Waals surface area (Å²) in [4.78, 5) is 0. The van der Waals surface area contributed by atoms with Gasteiger partial charge in [-0.25, -0.2) is 0 Å². The minimum absolute atomic E-state index is 0.418. The van der Waals surface area contributed by atoms with Gasteiger partial charge in [0, 0.05) is 20.2 Å². The summed E-state index contributed by atoms with van der Waals surface area (Å²) in [5, 5.41) is 5.42. The second-order valence-corrected chi connectivity index (χ2v) is 13.2. The summed E-state index contributed by atoms with van der Waals surface area (Å²) in [6.45, 7) is 2.27. The average molecular weight is 579 g/mol. The zero-order valence-electron chi connectivity index (χ0n) is 24.5. The van der Waals surface area contributed by atoms with Crippen molar-refractivity contribution >= 4 is 42.3 Å². The van der Waals surface area contributed by atoms with Gasteiger partial charge in [0.25, 0.3) is 0 Å². The number of rotatable bonds is 4. The van der Waals surface area contributed by atoms with E-state index in [1.165, 1.54) is 81.0 Å². The summed E-state index contributed by atoms with van der Waals surface area (Å²) in [6.07, 6.45) is 0.890. The Hall–Kier alpha value is -4.98.